The normalized spacial score (nSPS) is 12.9. The summed E-state index contributed by atoms with van der Waals surface area (Å²) in [6.45, 7) is 2.07. The van der Waals surface area contributed by atoms with E-state index in [1.165, 1.54) is 4.88 Å². The van der Waals surface area contributed by atoms with E-state index in [2.05, 4.69) is 34.3 Å². The predicted octanol–water partition coefficient (Wildman–Crippen LogP) is 3.41. The van der Waals surface area contributed by atoms with Crippen LogP contribution in [0.5, 0.6) is 0 Å². The molecule has 3 nitrogen and oxygen atoms in total. The lowest BCUT2D eigenvalue weighted by Gasteiger charge is -2.11. The Balaban J connectivity index is 2.10. The molecule has 0 aliphatic heterocycles. The first-order valence-corrected chi connectivity index (χ1v) is 7.12. The van der Waals surface area contributed by atoms with Crippen LogP contribution in [0.4, 0.5) is 0 Å². The number of nitrogens with two attached hydrogens (primary N) is 1. The quantitative estimate of drug-likeness (QED) is 0.657. The lowest BCUT2D eigenvalue weighted by molar-refractivity contribution is 0.397. The lowest BCUT2D eigenvalue weighted by Crippen LogP contribution is -2.29. The number of aryl methyl sites for hydroxylation is 1. The molecule has 2 heterocycles. The maximum absolute atomic E-state index is 5.72. The van der Waals surface area contributed by atoms with E-state index in [4.69, 9.17) is 10.3 Å². The van der Waals surface area contributed by atoms with Crippen LogP contribution in [0, 0.1) is 0 Å². The average molecular weight is 315 g/mol. The molecule has 0 radical (unpaired) electrons. The van der Waals surface area contributed by atoms with E-state index in [1.54, 1.807) is 11.3 Å². The molecule has 1 atom stereocenters. The maximum atomic E-state index is 5.72. The van der Waals surface area contributed by atoms with Crippen molar-refractivity contribution in [1.82, 2.24) is 5.43 Å². The molecule has 0 aliphatic carbocycles. The number of halogens is 1. The van der Waals surface area contributed by atoms with Crippen LogP contribution in [-0.4, -0.2) is 0 Å². The molecule has 2 rings (SSSR count). The Labute approximate surface area is 113 Å². The van der Waals surface area contributed by atoms with Gasteiger partial charge in [-0.15, -0.1) is 11.3 Å². The van der Waals surface area contributed by atoms with Crippen molar-refractivity contribution in [2.75, 3.05) is 0 Å². The minimum Gasteiger partial charge on any atom is -0.464 e. The zero-order chi connectivity index (χ0) is 12.3. The molecule has 0 amide bonds. The van der Waals surface area contributed by atoms with Gasteiger partial charge in [0, 0.05) is 17.7 Å². The van der Waals surface area contributed by atoms with Crippen molar-refractivity contribution in [3.8, 4) is 0 Å². The van der Waals surface area contributed by atoms with Crippen LogP contribution in [-0.2, 0) is 12.8 Å². The first-order valence-electron chi connectivity index (χ1n) is 5.52. The van der Waals surface area contributed by atoms with Gasteiger partial charge in [-0.2, -0.15) is 0 Å². The van der Waals surface area contributed by atoms with Gasteiger partial charge < -0.3 is 4.42 Å². The topological polar surface area (TPSA) is 51.2 Å². The molecule has 2 aromatic rings. The molecular weight excluding hydrogens is 300 g/mol. The van der Waals surface area contributed by atoms with Crippen LogP contribution in [0.25, 0.3) is 0 Å². The number of hydrogen-bond acceptors (Lipinski definition) is 4. The van der Waals surface area contributed by atoms with E-state index in [9.17, 15) is 0 Å². The Hall–Kier alpha value is -0.620. The number of hydrazine groups is 1. The van der Waals surface area contributed by atoms with E-state index < -0.39 is 0 Å². The van der Waals surface area contributed by atoms with E-state index in [0.29, 0.717) is 0 Å². The highest BCUT2D eigenvalue weighted by Crippen LogP contribution is 2.27. The SMILES string of the molecule is CCc1ccc(C(Cc2ccc(Br)s2)NN)o1. The van der Waals surface area contributed by atoms with Crippen LogP contribution < -0.4 is 11.3 Å². The highest BCUT2D eigenvalue weighted by Gasteiger charge is 2.15. The van der Waals surface area contributed by atoms with Crippen LogP contribution in [0.2, 0.25) is 0 Å². The number of hydrogen-bond donors (Lipinski definition) is 2. The predicted molar refractivity (Wildman–Crippen MR) is 73.9 cm³/mol. The van der Waals surface area contributed by atoms with Crippen molar-refractivity contribution < 1.29 is 4.42 Å². The molecular formula is C12H15BrN2OS. The van der Waals surface area contributed by atoms with Gasteiger partial charge in [-0.1, -0.05) is 6.92 Å². The fraction of sp³-hybridized carbons (Fsp3) is 0.333. The minimum atomic E-state index is 0.0286. The third-order valence-electron chi connectivity index (χ3n) is 2.61. The minimum absolute atomic E-state index is 0.0286. The van der Waals surface area contributed by atoms with Gasteiger partial charge in [0.2, 0.25) is 0 Å². The van der Waals surface area contributed by atoms with Crippen LogP contribution in [0.15, 0.2) is 32.5 Å². The molecule has 1 unspecified atom stereocenters. The molecule has 5 heteroatoms. The first kappa shape index (κ1) is 12.8. The van der Waals surface area contributed by atoms with E-state index in [0.717, 1.165) is 28.1 Å². The summed E-state index contributed by atoms with van der Waals surface area (Å²) >= 11 is 5.18. The fourth-order valence-corrected chi connectivity index (χ4v) is 3.20. The fourth-order valence-electron chi connectivity index (χ4n) is 1.68. The van der Waals surface area contributed by atoms with Gasteiger partial charge >= 0.3 is 0 Å². The Morgan fingerprint density at radius 2 is 2.24 bits per heavy atom. The van der Waals surface area contributed by atoms with Gasteiger partial charge in [0.15, 0.2) is 0 Å². The monoisotopic (exact) mass is 314 g/mol. The smallest absolute Gasteiger partial charge is 0.122 e. The molecule has 0 spiro atoms. The van der Waals surface area contributed by atoms with Crippen molar-refractivity contribution in [3.63, 3.8) is 0 Å². The average Bonchev–Trinajstić information content (AvgIpc) is 2.94. The second-order valence-corrected chi connectivity index (χ2v) is 6.33. The van der Waals surface area contributed by atoms with Crippen molar-refractivity contribution in [3.05, 3.63) is 44.4 Å². The molecule has 2 aromatic heterocycles. The van der Waals surface area contributed by atoms with Crippen molar-refractivity contribution in [2.45, 2.75) is 25.8 Å². The zero-order valence-electron chi connectivity index (χ0n) is 9.57. The third kappa shape index (κ3) is 3.19. The van der Waals surface area contributed by atoms with Gasteiger partial charge in [0.25, 0.3) is 0 Å². The summed E-state index contributed by atoms with van der Waals surface area (Å²) in [5, 5.41) is 0. The summed E-state index contributed by atoms with van der Waals surface area (Å²) < 4.78 is 6.85. The molecule has 92 valence electrons. The number of furan rings is 1. The summed E-state index contributed by atoms with van der Waals surface area (Å²) in [5.74, 6) is 7.48. The number of nitrogens with one attached hydrogen (secondary N) is 1. The Morgan fingerprint density at radius 1 is 1.41 bits per heavy atom. The Bertz CT molecular complexity index is 480. The summed E-state index contributed by atoms with van der Waals surface area (Å²) in [5.41, 5.74) is 2.81. The van der Waals surface area contributed by atoms with E-state index in [1.807, 2.05) is 18.2 Å². The largest absolute Gasteiger partial charge is 0.464 e. The molecule has 0 saturated carbocycles. The van der Waals surface area contributed by atoms with Crippen LogP contribution in [0.3, 0.4) is 0 Å². The first-order chi connectivity index (χ1) is 8.22. The van der Waals surface area contributed by atoms with Gasteiger partial charge in [0.1, 0.15) is 11.5 Å². The molecule has 0 fully saturated rings. The van der Waals surface area contributed by atoms with Gasteiger partial charge in [-0.05, 0) is 40.2 Å². The Kier molecular flexibility index (Phi) is 4.39. The van der Waals surface area contributed by atoms with Crippen molar-refractivity contribution in [2.24, 2.45) is 5.84 Å². The molecule has 0 aromatic carbocycles. The third-order valence-corrected chi connectivity index (χ3v) is 4.26. The second-order valence-electron chi connectivity index (χ2n) is 3.79. The Morgan fingerprint density at radius 3 is 2.76 bits per heavy atom. The zero-order valence-corrected chi connectivity index (χ0v) is 12.0. The number of thiophene rings is 1. The summed E-state index contributed by atoms with van der Waals surface area (Å²) in [7, 11) is 0. The highest BCUT2D eigenvalue weighted by molar-refractivity contribution is 9.11. The van der Waals surface area contributed by atoms with Crippen molar-refractivity contribution in [1.29, 1.82) is 0 Å². The van der Waals surface area contributed by atoms with Crippen molar-refractivity contribution >= 4 is 27.3 Å². The maximum Gasteiger partial charge on any atom is 0.122 e. The lowest BCUT2D eigenvalue weighted by atomic mass is 10.1. The van der Waals surface area contributed by atoms with Gasteiger partial charge in [0.05, 0.1) is 9.83 Å². The van der Waals surface area contributed by atoms with E-state index in [-0.39, 0.29) is 6.04 Å². The summed E-state index contributed by atoms with van der Waals surface area (Å²) in [6, 6.07) is 8.17. The molecule has 0 saturated heterocycles. The van der Waals surface area contributed by atoms with Gasteiger partial charge in [-0.3, -0.25) is 5.84 Å². The summed E-state index contributed by atoms with van der Waals surface area (Å²) in [4.78, 5) is 1.27. The van der Waals surface area contributed by atoms with Crippen LogP contribution >= 0.6 is 27.3 Å². The molecule has 17 heavy (non-hydrogen) atoms. The summed E-state index contributed by atoms with van der Waals surface area (Å²) in [6.07, 6.45) is 1.74. The second kappa shape index (κ2) is 5.82. The highest BCUT2D eigenvalue weighted by atomic mass is 79.9. The van der Waals surface area contributed by atoms with Crippen LogP contribution in [0.1, 0.15) is 29.4 Å². The standard InChI is InChI=1S/C12H15BrN2OS/c1-2-8-3-5-11(16-8)10(15-14)7-9-4-6-12(13)17-9/h3-6,10,15H,2,7,14H2,1H3. The number of rotatable bonds is 5. The van der Waals surface area contributed by atoms with E-state index >= 15 is 0 Å². The van der Waals surface area contributed by atoms with Gasteiger partial charge in [-0.25, -0.2) is 5.43 Å². The molecule has 0 aliphatic rings. The molecule has 3 N–H and O–H groups in total. The molecule has 0 bridgehead atoms.